The third kappa shape index (κ3) is 4.77. The maximum atomic E-state index is 12.9. The molecule has 0 saturated heterocycles. The summed E-state index contributed by atoms with van der Waals surface area (Å²) in [4.78, 5) is 8.45. The number of aliphatic imine (C=N–C) groups is 1. The first-order valence-electron chi connectivity index (χ1n) is 9.64. The molecular weight excluding hydrogens is 469 g/mol. The highest BCUT2D eigenvalue weighted by Crippen LogP contribution is 2.29. The molecule has 0 radical (unpaired) electrons. The number of guanidine groups is 1. The number of hydrazone groups is 1. The topological polar surface area (TPSA) is 87.0 Å². The Morgan fingerprint density at radius 1 is 1.06 bits per heavy atom. The van der Waals surface area contributed by atoms with E-state index in [4.69, 9.17) is 28.3 Å². The average molecular weight is 488 g/mol. The van der Waals surface area contributed by atoms with Crippen LogP contribution in [0.1, 0.15) is 17.0 Å². The monoisotopic (exact) mass is 487 g/mol. The van der Waals surface area contributed by atoms with Crippen molar-refractivity contribution in [2.45, 2.75) is 10.8 Å². The van der Waals surface area contributed by atoms with E-state index in [1.54, 1.807) is 29.5 Å². The second kappa shape index (κ2) is 9.28. The number of halogens is 2. The van der Waals surface area contributed by atoms with E-state index in [1.165, 1.54) is 31.3 Å². The first kappa shape index (κ1) is 22.3. The van der Waals surface area contributed by atoms with Crippen LogP contribution in [0.3, 0.4) is 0 Å². The standard InChI is InChI=1S/C22H19Cl2N5O2S/c1-25-22(28-32(30,31)19-10-8-18(24)9-11-19)29-14-20(16-3-2-12-26-13-16)21(27-29)15-4-6-17(23)7-5-15/h2-13,20H,14H2,1H3,(H,25,28). The van der Waals surface area contributed by atoms with Crippen molar-refractivity contribution in [2.75, 3.05) is 13.6 Å². The fraction of sp³-hybridized carbons (Fsp3) is 0.136. The van der Waals surface area contributed by atoms with E-state index in [0.29, 0.717) is 16.6 Å². The molecule has 7 nitrogen and oxygen atoms in total. The van der Waals surface area contributed by atoms with E-state index in [-0.39, 0.29) is 16.8 Å². The van der Waals surface area contributed by atoms with Crippen molar-refractivity contribution in [2.24, 2.45) is 10.1 Å². The number of aromatic nitrogens is 1. The highest BCUT2D eigenvalue weighted by atomic mass is 35.5. The number of nitrogens with zero attached hydrogens (tertiary/aromatic N) is 4. The first-order valence-corrected chi connectivity index (χ1v) is 11.9. The van der Waals surface area contributed by atoms with Gasteiger partial charge in [-0.25, -0.2) is 18.1 Å². The maximum Gasteiger partial charge on any atom is 0.264 e. The molecular formula is C22H19Cl2N5O2S. The summed E-state index contributed by atoms with van der Waals surface area (Å²) in [6.45, 7) is 0.388. The van der Waals surface area contributed by atoms with Crippen LogP contribution in [0.5, 0.6) is 0 Å². The molecule has 0 amide bonds. The van der Waals surface area contributed by atoms with Gasteiger partial charge < -0.3 is 0 Å². The highest BCUT2D eigenvalue weighted by Gasteiger charge is 2.33. The normalized spacial score (nSPS) is 16.7. The molecule has 1 N–H and O–H groups in total. The van der Waals surface area contributed by atoms with Gasteiger partial charge in [0.05, 0.1) is 17.2 Å². The van der Waals surface area contributed by atoms with Crippen molar-refractivity contribution in [1.82, 2.24) is 14.7 Å². The fourth-order valence-electron chi connectivity index (χ4n) is 3.37. The zero-order valence-corrected chi connectivity index (χ0v) is 19.3. The van der Waals surface area contributed by atoms with Crippen molar-refractivity contribution >= 4 is 44.9 Å². The van der Waals surface area contributed by atoms with Gasteiger partial charge in [0.2, 0.25) is 5.96 Å². The van der Waals surface area contributed by atoms with E-state index in [1.807, 2.05) is 24.3 Å². The number of sulfonamides is 1. The van der Waals surface area contributed by atoms with Crippen LogP contribution in [0, 0.1) is 0 Å². The molecule has 1 aliphatic rings. The summed E-state index contributed by atoms with van der Waals surface area (Å²) in [5, 5.41) is 7.33. The minimum Gasteiger partial charge on any atom is -0.264 e. The Kier molecular flexibility index (Phi) is 6.45. The Morgan fingerprint density at radius 2 is 1.72 bits per heavy atom. The van der Waals surface area contributed by atoms with Gasteiger partial charge >= 0.3 is 0 Å². The van der Waals surface area contributed by atoms with Crippen molar-refractivity contribution in [3.63, 3.8) is 0 Å². The van der Waals surface area contributed by atoms with Crippen LogP contribution in [-0.4, -0.2) is 43.7 Å². The molecule has 164 valence electrons. The lowest BCUT2D eigenvalue weighted by molar-refractivity contribution is 0.462. The zero-order valence-electron chi connectivity index (χ0n) is 17.0. The summed E-state index contributed by atoms with van der Waals surface area (Å²) in [5.74, 6) is -0.0283. The molecule has 4 rings (SSSR count). The van der Waals surface area contributed by atoms with Gasteiger partial charge in [-0.15, -0.1) is 0 Å². The Morgan fingerprint density at radius 3 is 2.31 bits per heavy atom. The number of hydrogen-bond donors (Lipinski definition) is 1. The molecule has 0 saturated carbocycles. The smallest absolute Gasteiger partial charge is 0.264 e. The van der Waals surface area contributed by atoms with Gasteiger partial charge in [0.15, 0.2) is 0 Å². The predicted molar refractivity (Wildman–Crippen MR) is 127 cm³/mol. The van der Waals surface area contributed by atoms with Crippen molar-refractivity contribution in [3.8, 4) is 0 Å². The molecule has 0 bridgehead atoms. The molecule has 0 fully saturated rings. The molecule has 1 aliphatic heterocycles. The quantitative estimate of drug-likeness (QED) is 0.442. The van der Waals surface area contributed by atoms with Crippen LogP contribution in [0.2, 0.25) is 10.0 Å². The molecule has 0 spiro atoms. The van der Waals surface area contributed by atoms with Crippen LogP contribution in [0.4, 0.5) is 0 Å². The van der Waals surface area contributed by atoms with Crippen LogP contribution >= 0.6 is 23.2 Å². The van der Waals surface area contributed by atoms with Gasteiger partial charge in [0.25, 0.3) is 10.0 Å². The van der Waals surface area contributed by atoms with Crippen molar-refractivity contribution < 1.29 is 8.42 Å². The summed E-state index contributed by atoms with van der Waals surface area (Å²) in [6, 6.07) is 17.1. The van der Waals surface area contributed by atoms with Crippen molar-refractivity contribution in [1.29, 1.82) is 0 Å². The third-order valence-electron chi connectivity index (χ3n) is 4.95. The molecule has 1 atom stereocenters. The van der Waals surface area contributed by atoms with E-state index in [0.717, 1.165) is 16.8 Å². The Bertz CT molecular complexity index is 1260. The number of rotatable bonds is 4. The lowest BCUT2D eigenvalue weighted by Crippen LogP contribution is -2.41. The van der Waals surface area contributed by atoms with Crippen molar-refractivity contribution in [3.05, 3.63) is 94.2 Å². The highest BCUT2D eigenvalue weighted by molar-refractivity contribution is 7.90. The molecule has 0 aliphatic carbocycles. The summed E-state index contributed by atoms with van der Waals surface area (Å²) in [6.07, 6.45) is 3.48. The third-order valence-corrected chi connectivity index (χ3v) is 6.79. The van der Waals surface area contributed by atoms with Crippen LogP contribution in [0.15, 0.2) is 88.0 Å². The second-order valence-electron chi connectivity index (χ2n) is 7.02. The van der Waals surface area contributed by atoms with Crippen LogP contribution < -0.4 is 4.72 Å². The molecule has 2 aromatic carbocycles. The van der Waals surface area contributed by atoms with Crippen LogP contribution in [-0.2, 0) is 10.0 Å². The minimum absolute atomic E-state index is 0.0768. The lowest BCUT2D eigenvalue weighted by atomic mass is 9.92. The van der Waals surface area contributed by atoms with Gasteiger partial charge in [-0.3, -0.25) is 9.98 Å². The molecule has 1 unspecified atom stereocenters. The van der Waals surface area contributed by atoms with Gasteiger partial charge in [-0.2, -0.15) is 5.10 Å². The molecule has 1 aromatic heterocycles. The number of nitrogens with one attached hydrogen (secondary N) is 1. The zero-order chi connectivity index (χ0) is 22.7. The molecule has 10 heteroatoms. The summed E-state index contributed by atoms with van der Waals surface area (Å²) in [5.41, 5.74) is 2.60. The van der Waals surface area contributed by atoms with Gasteiger partial charge in [-0.05, 0) is 53.6 Å². The predicted octanol–water partition coefficient (Wildman–Crippen LogP) is 4.16. The van der Waals surface area contributed by atoms with E-state index >= 15 is 0 Å². The van der Waals surface area contributed by atoms with E-state index < -0.39 is 10.0 Å². The summed E-state index contributed by atoms with van der Waals surface area (Å²) in [7, 11) is -2.37. The van der Waals surface area contributed by atoms with Crippen LogP contribution in [0.25, 0.3) is 0 Å². The van der Waals surface area contributed by atoms with Gasteiger partial charge in [-0.1, -0.05) is 41.4 Å². The average Bonchev–Trinajstić information content (AvgIpc) is 3.24. The SMILES string of the molecule is CN=C(NS(=O)(=O)c1ccc(Cl)cc1)N1CC(c2cccnc2)C(c2ccc(Cl)cc2)=N1. The van der Waals surface area contributed by atoms with E-state index in [9.17, 15) is 8.42 Å². The maximum absolute atomic E-state index is 12.9. The van der Waals surface area contributed by atoms with Gasteiger partial charge in [0.1, 0.15) is 0 Å². The number of pyridine rings is 1. The number of hydrogen-bond acceptors (Lipinski definition) is 5. The second-order valence-corrected chi connectivity index (χ2v) is 9.58. The largest absolute Gasteiger partial charge is 0.264 e. The minimum atomic E-state index is -3.88. The Balaban J connectivity index is 1.67. The Hall–Kier alpha value is -2.94. The molecule has 3 aromatic rings. The molecule has 32 heavy (non-hydrogen) atoms. The fourth-order valence-corrected chi connectivity index (χ4v) is 4.67. The first-order chi connectivity index (χ1) is 15.4. The summed E-state index contributed by atoms with van der Waals surface area (Å²) < 4.78 is 28.3. The van der Waals surface area contributed by atoms with Gasteiger partial charge in [0, 0.05) is 35.4 Å². The Labute approximate surface area is 196 Å². The summed E-state index contributed by atoms with van der Waals surface area (Å²) >= 11 is 11.9. The number of benzene rings is 2. The lowest BCUT2D eigenvalue weighted by Gasteiger charge is -2.19. The van der Waals surface area contributed by atoms with E-state index in [2.05, 4.69) is 14.7 Å². The molecule has 2 heterocycles.